The van der Waals surface area contributed by atoms with Gasteiger partial charge in [-0.3, -0.25) is 5.32 Å². The molecule has 0 heterocycles. The van der Waals surface area contributed by atoms with E-state index in [1.54, 1.807) is 0 Å². The number of likely N-dealkylation sites (N-methyl/N-ethyl adjacent to an activating group) is 1. The third kappa shape index (κ3) is 7.88. The van der Waals surface area contributed by atoms with Gasteiger partial charge < -0.3 is 14.4 Å². The van der Waals surface area contributed by atoms with Gasteiger partial charge in [-0.1, -0.05) is 27.2 Å². The zero-order valence-electron chi connectivity index (χ0n) is 14.8. The van der Waals surface area contributed by atoms with Crippen molar-refractivity contribution < 1.29 is 14.3 Å². The van der Waals surface area contributed by atoms with Crippen LogP contribution in [0.4, 0.5) is 10.5 Å². The second-order valence-electron chi connectivity index (χ2n) is 5.55. The van der Waals surface area contributed by atoms with Gasteiger partial charge in [0, 0.05) is 12.2 Å². The summed E-state index contributed by atoms with van der Waals surface area (Å²) in [5.41, 5.74) is 0.702. The SMILES string of the molecule is CCCCOc1ccc(NC(=O)OC(C)CN(CC)CC)cc1. The van der Waals surface area contributed by atoms with Crippen LogP contribution in [0.1, 0.15) is 40.5 Å². The predicted molar refractivity (Wildman–Crippen MR) is 94.2 cm³/mol. The molecule has 1 atom stereocenters. The van der Waals surface area contributed by atoms with Crippen molar-refractivity contribution in [3.8, 4) is 5.75 Å². The molecule has 1 amide bonds. The molecule has 5 nitrogen and oxygen atoms in total. The van der Waals surface area contributed by atoms with Gasteiger partial charge in [0.05, 0.1) is 6.61 Å². The molecule has 1 rings (SSSR count). The van der Waals surface area contributed by atoms with E-state index in [2.05, 4.69) is 31.0 Å². The van der Waals surface area contributed by atoms with Crippen molar-refractivity contribution in [2.45, 2.75) is 46.6 Å². The highest BCUT2D eigenvalue weighted by molar-refractivity contribution is 5.84. The van der Waals surface area contributed by atoms with Gasteiger partial charge in [0.15, 0.2) is 0 Å². The maximum Gasteiger partial charge on any atom is 0.411 e. The first kappa shape index (κ1) is 19.3. The number of carbonyl (C=O) groups excluding carboxylic acids is 1. The summed E-state index contributed by atoms with van der Waals surface area (Å²) in [6.45, 7) is 11.6. The lowest BCUT2D eigenvalue weighted by molar-refractivity contribution is 0.0929. The summed E-state index contributed by atoms with van der Waals surface area (Å²) in [6.07, 6.45) is 1.57. The molecule has 1 N–H and O–H groups in total. The molecule has 0 bridgehead atoms. The van der Waals surface area contributed by atoms with Crippen LogP contribution in [0.5, 0.6) is 5.75 Å². The lowest BCUT2D eigenvalue weighted by Gasteiger charge is -2.22. The minimum Gasteiger partial charge on any atom is -0.494 e. The molecule has 0 saturated carbocycles. The first-order valence-electron chi connectivity index (χ1n) is 8.51. The molecule has 130 valence electrons. The predicted octanol–water partition coefficient (Wildman–Crippen LogP) is 4.14. The number of hydrogen-bond acceptors (Lipinski definition) is 4. The fraction of sp³-hybridized carbons (Fsp3) is 0.611. The summed E-state index contributed by atoms with van der Waals surface area (Å²) in [4.78, 5) is 14.1. The number of carbonyl (C=O) groups is 1. The molecule has 1 aromatic rings. The molecule has 0 saturated heterocycles. The van der Waals surface area contributed by atoms with E-state index < -0.39 is 6.09 Å². The molecule has 1 unspecified atom stereocenters. The average molecular weight is 322 g/mol. The van der Waals surface area contributed by atoms with Crippen LogP contribution in [-0.2, 0) is 4.74 Å². The Balaban J connectivity index is 2.38. The van der Waals surface area contributed by atoms with E-state index in [9.17, 15) is 4.79 Å². The van der Waals surface area contributed by atoms with Gasteiger partial charge in [0.25, 0.3) is 0 Å². The van der Waals surface area contributed by atoms with E-state index >= 15 is 0 Å². The van der Waals surface area contributed by atoms with Crippen LogP contribution in [-0.4, -0.2) is 43.3 Å². The molecule has 0 aliphatic rings. The van der Waals surface area contributed by atoms with Crippen molar-refractivity contribution in [1.29, 1.82) is 0 Å². The van der Waals surface area contributed by atoms with E-state index in [0.717, 1.165) is 38.2 Å². The number of anilines is 1. The van der Waals surface area contributed by atoms with Gasteiger partial charge in [-0.05, 0) is 50.7 Å². The maximum atomic E-state index is 11.9. The standard InChI is InChI=1S/C18H30N2O3/c1-5-8-13-22-17-11-9-16(10-12-17)19-18(21)23-15(4)14-20(6-2)7-3/h9-12,15H,5-8,13-14H2,1-4H3,(H,19,21). The first-order valence-corrected chi connectivity index (χ1v) is 8.51. The van der Waals surface area contributed by atoms with Crippen LogP contribution in [0.25, 0.3) is 0 Å². The monoisotopic (exact) mass is 322 g/mol. The molecule has 0 spiro atoms. The molecule has 23 heavy (non-hydrogen) atoms. The third-order valence-corrected chi connectivity index (χ3v) is 3.59. The van der Waals surface area contributed by atoms with E-state index in [-0.39, 0.29) is 6.10 Å². The van der Waals surface area contributed by atoms with Crippen LogP contribution in [0.15, 0.2) is 24.3 Å². The Morgan fingerprint density at radius 2 is 1.83 bits per heavy atom. The highest BCUT2D eigenvalue weighted by atomic mass is 16.6. The van der Waals surface area contributed by atoms with E-state index in [4.69, 9.17) is 9.47 Å². The normalized spacial score (nSPS) is 12.0. The van der Waals surface area contributed by atoms with E-state index in [0.29, 0.717) is 12.3 Å². The summed E-state index contributed by atoms with van der Waals surface area (Å²) in [5, 5.41) is 2.74. The lowest BCUT2D eigenvalue weighted by atomic mass is 10.3. The molecule has 0 aliphatic carbocycles. The summed E-state index contributed by atoms with van der Waals surface area (Å²) in [7, 11) is 0. The number of nitrogens with zero attached hydrogens (tertiary/aromatic N) is 1. The van der Waals surface area contributed by atoms with Crippen molar-refractivity contribution in [3.05, 3.63) is 24.3 Å². The zero-order valence-corrected chi connectivity index (χ0v) is 14.8. The van der Waals surface area contributed by atoms with Crippen molar-refractivity contribution in [1.82, 2.24) is 4.90 Å². The molecule has 0 radical (unpaired) electrons. The topological polar surface area (TPSA) is 50.8 Å². The molecule has 1 aromatic carbocycles. The number of amides is 1. The smallest absolute Gasteiger partial charge is 0.411 e. The third-order valence-electron chi connectivity index (χ3n) is 3.59. The summed E-state index contributed by atoms with van der Waals surface area (Å²) >= 11 is 0. The van der Waals surface area contributed by atoms with Gasteiger partial charge in [0.1, 0.15) is 11.9 Å². The summed E-state index contributed by atoms with van der Waals surface area (Å²) in [5.74, 6) is 0.812. The van der Waals surface area contributed by atoms with E-state index in [1.807, 2.05) is 31.2 Å². The number of hydrogen-bond donors (Lipinski definition) is 1. The van der Waals surface area contributed by atoms with Gasteiger partial charge in [0.2, 0.25) is 0 Å². The minimum atomic E-state index is -0.427. The van der Waals surface area contributed by atoms with Gasteiger partial charge >= 0.3 is 6.09 Å². The minimum absolute atomic E-state index is 0.147. The fourth-order valence-corrected chi connectivity index (χ4v) is 2.18. The largest absolute Gasteiger partial charge is 0.494 e. The van der Waals surface area contributed by atoms with Crippen molar-refractivity contribution >= 4 is 11.8 Å². The number of ether oxygens (including phenoxy) is 2. The average Bonchev–Trinajstić information content (AvgIpc) is 2.54. The molecule has 0 aromatic heterocycles. The second kappa shape index (κ2) is 10.9. The quantitative estimate of drug-likeness (QED) is 0.658. The summed E-state index contributed by atoms with van der Waals surface area (Å²) in [6, 6.07) is 7.34. The summed E-state index contributed by atoms with van der Waals surface area (Å²) < 4.78 is 11.0. The molecule has 5 heteroatoms. The molecule has 0 fully saturated rings. The van der Waals surface area contributed by atoms with Gasteiger partial charge in [-0.2, -0.15) is 0 Å². The van der Waals surface area contributed by atoms with Crippen molar-refractivity contribution in [3.63, 3.8) is 0 Å². The van der Waals surface area contributed by atoms with Gasteiger partial charge in [-0.25, -0.2) is 4.79 Å². The molecule has 0 aliphatic heterocycles. The Bertz CT molecular complexity index is 444. The maximum absolute atomic E-state index is 11.9. The Morgan fingerprint density at radius 3 is 2.39 bits per heavy atom. The van der Waals surface area contributed by atoms with Crippen molar-refractivity contribution in [2.75, 3.05) is 31.6 Å². The van der Waals surface area contributed by atoms with Crippen LogP contribution in [0, 0.1) is 0 Å². The number of benzene rings is 1. The van der Waals surface area contributed by atoms with E-state index in [1.165, 1.54) is 0 Å². The Hall–Kier alpha value is -1.75. The Kier molecular flexibility index (Phi) is 9.14. The Labute approximate surface area is 140 Å². The number of nitrogens with one attached hydrogen (secondary N) is 1. The lowest BCUT2D eigenvalue weighted by Crippen LogP contribution is -2.34. The number of rotatable bonds is 10. The Morgan fingerprint density at radius 1 is 1.17 bits per heavy atom. The second-order valence-corrected chi connectivity index (χ2v) is 5.55. The van der Waals surface area contributed by atoms with Crippen LogP contribution < -0.4 is 10.1 Å². The molecular formula is C18H30N2O3. The van der Waals surface area contributed by atoms with Crippen LogP contribution >= 0.6 is 0 Å². The fourth-order valence-electron chi connectivity index (χ4n) is 2.18. The van der Waals surface area contributed by atoms with Gasteiger partial charge in [-0.15, -0.1) is 0 Å². The zero-order chi connectivity index (χ0) is 17.1. The molecular weight excluding hydrogens is 292 g/mol. The van der Waals surface area contributed by atoms with Crippen LogP contribution in [0.2, 0.25) is 0 Å². The number of unbranched alkanes of at least 4 members (excludes halogenated alkanes) is 1. The first-order chi connectivity index (χ1) is 11.1. The highest BCUT2D eigenvalue weighted by Crippen LogP contribution is 2.16. The van der Waals surface area contributed by atoms with Crippen molar-refractivity contribution in [2.24, 2.45) is 0 Å². The van der Waals surface area contributed by atoms with Crippen LogP contribution in [0.3, 0.4) is 0 Å². The highest BCUT2D eigenvalue weighted by Gasteiger charge is 2.12.